The van der Waals surface area contributed by atoms with Crippen molar-refractivity contribution in [3.8, 4) is 0 Å². The van der Waals surface area contributed by atoms with E-state index in [4.69, 9.17) is 4.74 Å². The van der Waals surface area contributed by atoms with Crippen LogP contribution in [0.4, 0.5) is 0 Å². The molecule has 0 spiro atoms. The minimum Gasteiger partial charge on any atom is -0.466 e. The predicted octanol–water partition coefficient (Wildman–Crippen LogP) is 14.3. The van der Waals surface area contributed by atoms with Gasteiger partial charge in [0.15, 0.2) is 0 Å². The highest BCUT2D eigenvalue weighted by Gasteiger charge is 2.19. The second-order valence-electron chi connectivity index (χ2n) is 16.8. The fourth-order valence-corrected chi connectivity index (χ4v) is 7.45. The Kier molecular flexibility index (Phi) is 44.7. The molecule has 0 aliphatic carbocycles. The highest BCUT2D eigenvalue weighted by Crippen LogP contribution is 2.16. The summed E-state index contributed by atoms with van der Waals surface area (Å²) >= 11 is 0. The summed E-state index contributed by atoms with van der Waals surface area (Å²) in [7, 11) is 0. The van der Waals surface area contributed by atoms with Crippen LogP contribution < -0.4 is 5.32 Å². The lowest BCUT2D eigenvalue weighted by Gasteiger charge is -2.22. The van der Waals surface area contributed by atoms with Crippen molar-refractivity contribution in [2.75, 3.05) is 13.2 Å². The number of esters is 1. The summed E-state index contributed by atoms with van der Waals surface area (Å²) in [6.07, 6.45) is 53.0. The zero-order chi connectivity index (χ0) is 40.8. The van der Waals surface area contributed by atoms with E-state index in [0.717, 1.165) is 51.4 Å². The second-order valence-corrected chi connectivity index (χ2v) is 16.8. The minimum atomic E-state index is -0.696. The number of hydrogen-bond acceptors (Lipinski definition) is 5. The maximum absolute atomic E-state index is 12.3. The maximum atomic E-state index is 12.3. The molecule has 0 heterocycles. The zero-order valence-electron chi connectivity index (χ0n) is 37.4. The molecule has 1 amide bonds. The number of carbonyl (C=O) groups excluding carboxylic acids is 2. The Morgan fingerprint density at radius 1 is 0.500 bits per heavy atom. The topological polar surface area (TPSA) is 95.9 Å². The lowest BCUT2D eigenvalue weighted by atomic mass is 10.0. The Morgan fingerprint density at radius 2 is 0.911 bits per heavy atom. The number of amides is 1. The van der Waals surface area contributed by atoms with Crippen molar-refractivity contribution in [2.24, 2.45) is 0 Å². The molecule has 0 saturated heterocycles. The smallest absolute Gasteiger partial charge is 0.305 e. The van der Waals surface area contributed by atoms with Crippen LogP contribution in [0.25, 0.3) is 0 Å². The molecule has 0 aromatic carbocycles. The van der Waals surface area contributed by atoms with Crippen molar-refractivity contribution in [1.82, 2.24) is 5.32 Å². The van der Waals surface area contributed by atoms with Crippen molar-refractivity contribution in [2.45, 2.75) is 270 Å². The molecule has 6 heteroatoms. The third kappa shape index (κ3) is 42.0. The van der Waals surface area contributed by atoms with Crippen LogP contribution in [0, 0.1) is 0 Å². The van der Waals surface area contributed by atoms with Crippen LogP contribution in [-0.2, 0) is 14.3 Å². The van der Waals surface area contributed by atoms with E-state index in [9.17, 15) is 19.8 Å². The van der Waals surface area contributed by atoms with Gasteiger partial charge >= 0.3 is 5.97 Å². The molecule has 0 fully saturated rings. The summed E-state index contributed by atoms with van der Waals surface area (Å²) in [5.41, 5.74) is 0. The molecule has 0 saturated carbocycles. The van der Waals surface area contributed by atoms with Gasteiger partial charge < -0.3 is 20.3 Å². The molecule has 0 aromatic heterocycles. The first kappa shape index (κ1) is 54.3. The van der Waals surface area contributed by atoms with Gasteiger partial charge in [0, 0.05) is 12.8 Å². The first-order valence-electron chi connectivity index (χ1n) is 24.6. The molecule has 0 rings (SSSR count). The number of carbonyl (C=O) groups is 2. The SMILES string of the molecule is CCCCCCCCCCCCCCCCCCC(=O)OCCCCCCCC/C=C\C/C=C\CCC(=O)NC(CO)C(O)CCCCCCCCCCCC. The van der Waals surface area contributed by atoms with E-state index in [1.54, 1.807) is 0 Å². The van der Waals surface area contributed by atoms with Gasteiger partial charge in [0.2, 0.25) is 5.91 Å². The molecule has 0 bridgehead atoms. The van der Waals surface area contributed by atoms with E-state index < -0.39 is 12.1 Å². The Balaban J connectivity index is 3.51. The largest absolute Gasteiger partial charge is 0.466 e. The second kappa shape index (κ2) is 46.0. The number of ether oxygens (including phenoxy) is 1. The van der Waals surface area contributed by atoms with E-state index in [-0.39, 0.29) is 18.5 Å². The number of allylic oxidation sites excluding steroid dienone is 4. The Hall–Kier alpha value is -1.66. The first-order valence-corrected chi connectivity index (χ1v) is 24.6. The van der Waals surface area contributed by atoms with Crippen molar-refractivity contribution in [3.63, 3.8) is 0 Å². The zero-order valence-corrected chi connectivity index (χ0v) is 37.4. The number of unbranched alkanes of at least 4 members (excludes halogenated alkanes) is 30. The summed E-state index contributed by atoms with van der Waals surface area (Å²) in [6, 6.07) is -0.583. The molecular weight excluding hydrogens is 695 g/mol. The van der Waals surface area contributed by atoms with Crippen LogP contribution in [0.2, 0.25) is 0 Å². The normalized spacial score (nSPS) is 12.9. The quantitative estimate of drug-likeness (QED) is 0.0324. The van der Waals surface area contributed by atoms with Crippen LogP contribution in [0.3, 0.4) is 0 Å². The minimum absolute atomic E-state index is 0.0142. The summed E-state index contributed by atoms with van der Waals surface area (Å²) in [6.45, 7) is 4.87. The van der Waals surface area contributed by atoms with Gasteiger partial charge in [-0.1, -0.05) is 224 Å². The molecule has 56 heavy (non-hydrogen) atoms. The standard InChI is InChI=1S/C50H95NO5/c1-3-5-7-9-11-13-15-16-17-18-21-24-28-32-36-40-44-50(55)56-45-41-37-33-29-25-22-19-20-23-27-31-35-39-43-49(54)51-47(46-52)48(53)42-38-34-30-26-14-12-10-8-6-4-2/h20,23,31,35,47-48,52-53H,3-19,21-22,24-30,32-34,36-46H2,1-2H3,(H,51,54)/b23-20-,35-31-. The summed E-state index contributed by atoms with van der Waals surface area (Å²) in [5.74, 6) is -0.132. The lowest BCUT2D eigenvalue weighted by Crippen LogP contribution is -2.45. The highest BCUT2D eigenvalue weighted by atomic mass is 16.5. The molecule has 0 aromatic rings. The van der Waals surface area contributed by atoms with E-state index in [1.165, 1.54) is 167 Å². The van der Waals surface area contributed by atoms with Gasteiger partial charge in [0.05, 0.1) is 25.4 Å². The van der Waals surface area contributed by atoms with Gasteiger partial charge in [0.1, 0.15) is 0 Å². The third-order valence-electron chi connectivity index (χ3n) is 11.3. The number of aliphatic hydroxyl groups excluding tert-OH is 2. The lowest BCUT2D eigenvalue weighted by molar-refractivity contribution is -0.143. The van der Waals surface area contributed by atoms with Gasteiger partial charge in [-0.3, -0.25) is 9.59 Å². The van der Waals surface area contributed by atoms with Gasteiger partial charge in [-0.2, -0.15) is 0 Å². The van der Waals surface area contributed by atoms with Crippen molar-refractivity contribution >= 4 is 11.9 Å². The van der Waals surface area contributed by atoms with Crippen LogP contribution in [-0.4, -0.2) is 47.4 Å². The van der Waals surface area contributed by atoms with Crippen LogP contribution in [0.1, 0.15) is 258 Å². The molecule has 2 atom stereocenters. The van der Waals surface area contributed by atoms with E-state index in [0.29, 0.717) is 32.3 Å². The van der Waals surface area contributed by atoms with Crippen molar-refractivity contribution < 1.29 is 24.5 Å². The average molecular weight is 790 g/mol. The molecule has 3 N–H and O–H groups in total. The molecule has 0 aliphatic heterocycles. The fraction of sp³-hybridized carbons (Fsp3) is 0.880. The molecule has 0 radical (unpaired) electrons. The molecule has 0 aliphatic rings. The van der Waals surface area contributed by atoms with E-state index in [2.05, 4.69) is 37.4 Å². The number of rotatable bonds is 45. The van der Waals surface area contributed by atoms with Crippen molar-refractivity contribution in [1.29, 1.82) is 0 Å². The molecular formula is C50H95NO5. The number of hydrogen-bond donors (Lipinski definition) is 3. The van der Waals surface area contributed by atoms with Crippen molar-refractivity contribution in [3.05, 3.63) is 24.3 Å². The van der Waals surface area contributed by atoms with E-state index in [1.807, 2.05) is 6.08 Å². The average Bonchev–Trinajstić information content (AvgIpc) is 3.20. The van der Waals surface area contributed by atoms with Crippen LogP contribution in [0.15, 0.2) is 24.3 Å². The predicted molar refractivity (Wildman–Crippen MR) is 241 cm³/mol. The Labute approximate surface area is 348 Å². The molecule has 6 nitrogen and oxygen atoms in total. The molecule has 2 unspecified atom stereocenters. The summed E-state index contributed by atoms with van der Waals surface area (Å²) < 4.78 is 5.45. The van der Waals surface area contributed by atoms with Crippen LogP contribution >= 0.6 is 0 Å². The van der Waals surface area contributed by atoms with E-state index >= 15 is 0 Å². The fourth-order valence-electron chi connectivity index (χ4n) is 7.45. The summed E-state index contributed by atoms with van der Waals surface area (Å²) in [5, 5.41) is 23.0. The third-order valence-corrected chi connectivity index (χ3v) is 11.3. The number of nitrogens with one attached hydrogen (secondary N) is 1. The van der Waals surface area contributed by atoms with Gasteiger partial charge in [-0.05, 0) is 44.9 Å². The maximum Gasteiger partial charge on any atom is 0.305 e. The number of aliphatic hydroxyl groups is 2. The van der Waals surface area contributed by atoms with Gasteiger partial charge in [-0.25, -0.2) is 0 Å². The van der Waals surface area contributed by atoms with Gasteiger partial charge in [-0.15, -0.1) is 0 Å². The van der Waals surface area contributed by atoms with Crippen LogP contribution in [0.5, 0.6) is 0 Å². The monoisotopic (exact) mass is 790 g/mol. The molecule has 330 valence electrons. The Bertz CT molecular complexity index is 874. The summed E-state index contributed by atoms with van der Waals surface area (Å²) in [4.78, 5) is 24.4. The highest BCUT2D eigenvalue weighted by molar-refractivity contribution is 5.76. The first-order chi connectivity index (χ1) is 27.5. The van der Waals surface area contributed by atoms with Gasteiger partial charge in [0.25, 0.3) is 0 Å². The Morgan fingerprint density at radius 3 is 1.39 bits per heavy atom.